The van der Waals surface area contributed by atoms with E-state index < -0.39 is 6.04 Å². The summed E-state index contributed by atoms with van der Waals surface area (Å²) in [5.74, 6) is 0.332. The average Bonchev–Trinajstić information content (AvgIpc) is 3.25. The maximum atomic E-state index is 12.9. The third kappa shape index (κ3) is 3.94. The molecule has 2 atom stereocenters. The molecule has 0 saturated carbocycles. The Kier molecular flexibility index (Phi) is 5.87. The monoisotopic (exact) mass is 383 g/mol. The maximum absolute atomic E-state index is 12.9. The van der Waals surface area contributed by atoms with Gasteiger partial charge in [-0.2, -0.15) is 0 Å². The molecule has 2 saturated heterocycles. The van der Waals surface area contributed by atoms with E-state index >= 15 is 0 Å². The van der Waals surface area contributed by atoms with Crippen molar-refractivity contribution in [1.29, 1.82) is 0 Å². The molecule has 2 aliphatic heterocycles. The predicted octanol–water partition coefficient (Wildman–Crippen LogP) is 2.67. The second kappa shape index (κ2) is 7.94. The first-order valence-electron chi connectivity index (χ1n) is 8.70. The SMILES string of the molecule is CNCC1CCN(C(=O)C2CCCN2C(=O)c2cc(Cl)ccc2Cl)C1. The predicted molar refractivity (Wildman–Crippen MR) is 99.1 cm³/mol. The molecule has 0 aromatic heterocycles. The van der Waals surface area contributed by atoms with Gasteiger partial charge in [-0.3, -0.25) is 9.59 Å². The zero-order valence-electron chi connectivity index (χ0n) is 14.3. The molecule has 1 N–H and O–H groups in total. The molecule has 2 unspecified atom stereocenters. The molecular formula is C18H23Cl2N3O2. The lowest BCUT2D eigenvalue weighted by atomic mass is 10.1. The minimum atomic E-state index is -0.393. The molecule has 2 heterocycles. The van der Waals surface area contributed by atoms with Crippen LogP contribution in [0.5, 0.6) is 0 Å². The van der Waals surface area contributed by atoms with Crippen LogP contribution in [0.4, 0.5) is 0 Å². The number of carbonyl (C=O) groups excluding carboxylic acids is 2. The number of carbonyl (C=O) groups is 2. The van der Waals surface area contributed by atoms with Gasteiger partial charge < -0.3 is 15.1 Å². The highest BCUT2D eigenvalue weighted by atomic mass is 35.5. The van der Waals surface area contributed by atoms with E-state index in [-0.39, 0.29) is 11.8 Å². The number of likely N-dealkylation sites (tertiary alicyclic amines) is 2. The third-order valence-electron chi connectivity index (χ3n) is 5.05. The molecule has 0 aliphatic carbocycles. The Morgan fingerprint density at radius 1 is 1.24 bits per heavy atom. The van der Waals surface area contributed by atoms with Crippen LogP contribution in [0.25, 0.3) is 0 Å². The van der Waals surface area contributed by atoms with Crippen molar-refractivity contribution < 1.29 is 9.59 Å². The van der Waals surface area contributed by atoms with Crippen molar-refractivity contribution in [3.63, 3.8) is 0 Å². The first-order chi connectivity index (χ1) is 12.0. The van der Waals surface area contributed by atoms with Crippen molar-refractivity contribution in [3.05, 3.63) is 33.8 Å². The van der Waals surface area contributed by atoms with Gasteiger partial charge in [0.2, 0.25) is 5.91 Å². The van der Waals surface area contributed by atoms with E-state index in [0.717, 1.165) is 32.5 Å². The standard InChI is InChI=1S/C18H23Cl2N3O2/c1-21-10-12-6-8-22(11-12)18(25)16-3-2-7-23(16)17(24)14-9-13(19)4-5-15(14)20/h4-5,9,12,16,21H,2-3,6-8,10-11H2,1H3. The first-order valence-corrected chi connectivity index (χ1v) is 9.46. The topological polar surface area (TPSA) is 52.7 Å². The Bertz CT molecular complexity index is 668. The summed E-state index contributed by atoms with van der Waals surface area (Å²) >= 11 is 12.2. The number of nitrogens with zero attached hydrogens (tertiary/aromatic N) is 2. The highest BCUT2D eigenvalue weighted by molar-refractivity contribution is 6.35. The van der Waals surface area contributed by atoms with Crippen LogP contribution in [0.2, 0.25) is 10.0 Å². The van der Waals surface area contributed by atoms with E-state index in [1.165, 1.54) is 0 Å². The summed E-state index contributed by atoms with van der Waals surface area (Å²) in [5.41, 5.74) is 0.364. The molecular weight excluding hydrogens is 361 g/mol. The van der Waals surface area contributed by atoms with Gasteiger partial charge in [0, 0.05) is 24.7 Å². The largest absolute Gasteiger partial charge is 0.341 e. The minimum Gasteiger partial charge on any atom is -0.341 e. The quantitative estimate of drug-likeness (QED) is 0.869. The van der Waals surface area contributed by atoms with Gasteiger partial charge in [-0.1, -0.05) is 23.2 Å². The van der Waals surface area contributed by atoms with Gasteiger partial charge >= 0.3 is 0 Å². The summed E-state index contributed by atoms with van der Waals surface area (Å²) in [4.78, 5) is 29.4. The summed E-state index contributed by atoms with van der Waals surface area (Å²) in [6, 6.07) is 4.45. The third-order valence-corrected chi connectivity index (χ3v) is 5.61. The maximum Gasteiger partial charge on any atom is 0.256 e. The Morgan fingerprint density at radius 3 is 2.80 bits per heavy atom. The van der Waals surface area contributed by atoms with Gasteiger partial charge in [-0.05, 0) is 57.0 Å². The molecule has 0 radical (unpaired) electrons. The lowest BCUT2D eigenvalue weighted by molar-refractivity contribution is -0.134. The summed E-state index contributed by atoms with van der Waals surface area (Å²) in [6.45, 7) is 3.01. The van der Waals surface area contributed by atoms with Crippen molar-refractivity contribution in [1.82, 2.24) is 15.1 Å². The minimum absolute atomic E-state index is 0.0580. The molecule has 0 bridgehead atoms. The van der Waals surface area contributed by atoms with E-state index in [4.69, 9.17) is 23.2 Å². The summed E-state index contributed by atoms with van der Waals surface area (Å²) in [5, 5.41) is 3.99. The molecule has 25 heavy (non-hydrogen) atoms. The van der Waals surface area contributed by atoms with Crippen LogP contribution in [0.15, 0.2) is 18.2 Å². The van der Waals surface area contributed by atoms with Gasteiger partial charge in [-0.15, -0.1) is 0 Å². The van der Waals surface area contributed by atoms with E-state index in [0.29, 0.717) is 34.5 Å². The first kappa shape index (κ1) is 18.5. The molecule has 136 valence electrons. The lowest BCUT2D eigenvalue weighted by Gasteiger charge is -2.28. The van der Waals surface area contributed by atoms with Crippen molar-refractivity contribution in [3.8, 4) is 0 Å². The summed E-state index contributed by atoms with van der Waals surface area (Å²) in [7, 11) is 1.93. The molecule has 5 nitrogen and oxygen atoms in total. The number of nitrogens with one attached hydrogen (secondary N) is 1. The van der Waals surface area contributed by atoms with Gasteiger partial charge in [0.1, 0.15) is 6.04 Å². The van der Waals surface area contributed by atoms with Crippen LogP contribution in [-0.4, -0.2) is 60.9 Å². The Hall–Kier alpha value is -1.30. The van der Waals surface area contributed by atoms with Crippen molar-refractivity contribution >= 4 is 35.0 Å². The van der Waals surface area contributed by atoms with E-state index in [9.17, 15) is 9.59 Å². The number of halogens is 2. The van der Waals surface area contributed by atoms with Crippen molar-refractivity contribution in [2.24, 2.45) is 5.92 Å². The van der Waals surface area contributed by atoms with Crippen molar-refractivity contribution in [2.75, 3.05) is 33.2 Å². The molecule has 2 amide bonds. The Morgan fingerprint density at radius 2 is 2.04 bits per heavy atom. The number of hydrogen-bond donors (Lipinski definition) is 1. The van der Waals surface area contributed by atoms with Crippen LogP contribution in [-0.2, 0) is 4.79 Å². The fraction of sp³-hybridized carbons (Fsp3) is 0.556. The smallest absolute Gasteiger partial charge is 0.256 e. The highest BCUT2D eigenvalue weighted by Gasteiger charge is 2.39. The second-order valence-electron chi connectivity index (χ2n) is 6.78. The number of benzene rings is 1. The molecule has 1 aromatic rings. The number of hydrogen-bond acceptors (Lipinski definition) is 3. The highest BCUT2D eigenvalue weighted by Crippen LogP contribution is 2.28. The zero-order chi connectivity index (χ0) is 18.0. The summed E-state index contributed by atoms with van der Waals surface area (Å²) in [6.07, 6.45) is 2.54. The molecule has 7 heteroatoms. The summed E-state index contributed by atoms with van der Waals surface area (Å²) < 4.78 is 0. The molecule has 3 rings (SSSR count). The molecule has 1 aromatic carbocycles. The van der Waals surface area contributed by atoms with E-state index in [1.807, 2.05) is 11.9 Å². The fourth-order valence-electron chi connectivity index (χ4n) is 3.78. The average molecular weight is 384 g/mol. The molecule has 2 aliphatic rings. The van der Waals surface area contributed by atoms with Gasteiger partial charge in [-0.25, -0.2) is 0 Å². The van der Waals surface area contributed by atoms with Crippen LogP contribution >= 0.6 is 23.2 Å². The van der Waals surface area contributed by atoms with Crippen LogP contribution in [0.1, 0.15) is 29.6 Å². The van der Waals surface area contributed by atoms with E-state index in [1.54, 1.807) is 23.1 Å². The number of amides is 2. The second-order valence-corrected chi connectivity index (χ2v) is 7.62. The Labute approximate surface area is 158 Å². The van der Waals surface area contributed by atoms with Crippen LogP contribution in [0.3, 0.4) is 0 Å². The van der Waals surface area contributed by atoms with E-state index in [2.05, 4.69) is 5.32 Å². The fourth-order valence-corrected chi connectivity index (χ4v) is 4.15. The molecule has 0 spiro atoms. The van der Waals surface area contributed by atoms with Gasteiger partial charge in [0.15, 0.2) is 0 Å². The van der Waals surface area contributed by atoms with Gasteiger partial charge in [0.25, 0.3) is 5.91 Å². The lowest BCUT2D eigenvalue weighted by Crippen LogP contribution is -2.47. The Balaban J connectivity index is 1.73. The zero-order valence-corrected chi connectivity index (χ0v) is 15.8. The van der Waals surface area contributed by atoms with Crippen molar-refractivity contribution in [2.45, 2.75) is 25.3 Å². The van der Waals surface area contributed by atoms with Crippen LogP contribution < -0.4 is 5.32 Å². The number of rotatable bonds is 4. The molecule has 2 fully saturated rings. The van der Waals surface area contributed by atoms with Crippen LogP contribution in [0, 0.1) is 5.92 Å². The van der Waals surface area contributed by atoms with Gasteiger partial charge in [0.05, 0.1) is 10.6 Å². The normalized spacial score (nSPS) is 23.3.